The van der Waals surface area contributed by atoms with E-state index in [2.05, 4.69) is 20.3 Å². The van der Waals surface area contributed by atoms with Crippen LogP contribution in [0.25, 0.3) is 0 Å². The van der Waals surface area contributed by atoms with Gasteiger partial charge in [0, 0.05) is 0 Å². The van der Waals surface area contributed by atoms with Crippen molar-refractivity contribution in [1.82, 2.24) is 0 Å². The molecular formula is C10H21Na. The standard InChI is InChI=1S/C10H21.Na/c1-3-5-7-9-10-8-6-4-2;/h3H,4-10H2,1-2H3;/q-1;+1. The summed E-state index contributed by atoms with van der Waals surface area (Å²) >= 11 is 0. The van der Waals surface area contributed by atoms with Crippen LogP contribution in [-0.2, 0) is 0 Å². The van der Waals surface area contributed by atoms with Gasteiger partial charge in [0.05, 0.1) is 0 Å². The molecule has 0 aromatic heterocycles. The molecule has 0 saturated heterocycles. The van der Waals surface area contributed by atoms with Gasteiger partial charge in [-0.15, -0.1) is 0 Å². The Balaban J connectivity index is 0. The third-order valence-electron chi connectivity index (χ3n) is 1.85. The predicted octanol–water partition coefficient (Wildman–Crippen LogP) is 0.965. The summed E-state index contributed by atoms with van der Waals surface area (Å²) in [5.74, 6) is 0. The summed E-state index contributed by atoms with van der Waals surface area (Å²) < 4.78 is 0. The van der Waals surface area contributed by atoms with Crippen molar-refractivity contribution in [2.45, 2.75) is 58.8 Å². The average molecular weight is 164 g/mol. The van der Waals surface area contributed by atoms with E-state index in [0.29, 0.717) is 0 Å². The SMILES string of the molecule is C[CH-]CCCCCCCC.[Na+]. The molecule has 0 aliphatic heterocycles. The fraction of sp³-hybridized carbons (Fsp3) is 0.900. The number of hydrogen-bond acceptors (Lipinski definition) is 0. The molecule has 0 rings (SSSR count). The van der Waals surface area contributed by atoms with Crippen LogP contribution in [0.3, 0.4) is 0 Å². The van der Waals surface area contributed by atoms with E-state index >= 15 is 0 Å². The molecule has 0 heterocycles. The minimum absolute atomic E-state index is 0. The fourth-order valence-electron chi connectivity index (χ4n) is 1.13. The molecule has 1 heteroatoms. The molecule has 0 bridgehead atoms. The van der Waals surface area contributed by atoms with Crippen molar-refractivity contribution in [3.63, 3.8) is 0 Å². The third kappa shape index (κ3) is 13.9. The molecule has 0 aromatic carbocycles. The Labute approximate surface area is 94.4 Å². The van der Waals surface area contributed by atoms with Gasteiger partial charge in [0.1, 0.15) is 0 Å². The first-order chi connectivity index (χ1) is 4.91. The van der Waals surface area contributed by atoms with Gasteiger partial charge in [0.2, 0.25) is 0 Å². The van der Waals surface area contributed by atoms with E-state index in [0.717, 1.165) is 0 Å². The first-order valence-corrected chi connectivity index (χ1v) is 4.69. The van der Waals surface area contributed by atoms with Crippen LogP contribution < -0.4 is 29.6 Å². The van der Waals surface area contributed by atoms with Crippen LogP contribution >= 0.6 is 0 Å². The Morgan fingerprint density at radius 3 is 2.00 bits per heavy atom. The largest absolute Gasteiger partial charge is 1.00 e. The van der Waals surface area contributed by atoms with Crippen LogP contribution in [0.1, 0.15) is 58.8 Å². The van der Waals surface area contributed by atoms with Gasteiger partial charge < -0.3 is 6.42 Å². The first-order valence-electron chi connectivity index (χ1n) is 4.69. The summed E-state index contributed by atoms with van der Waals surface area (Å²) in [4.78, 5) is 0. The maximum Gasteiger partial charge on any atom is 1.00 e. The Morgan fingerprint density at radius 2 is 1.45 bits per heavy atom. The molecule has 62 valence electrons. The van der Waals surface area contributed by atoms with E-state index < -0.39 is 0 Å². The quantitative estimate of drug-likeness (QED) is 0.299. The summed E-state index contributed by atoms with van der Waals surface area (Å²) in [5, 5.41) is 0. The molecule has 0 spiro atoms. The maximum absolute atomic E-state index is 2.26. The molecule has 0 N–H and O–H groups in total. The number of unbranched alkanes of at least 4 members (excludes halogenated alkanes) is 7. The Morgan fingerprint density at radius 1 is 0.909 bits per heavy atom. The van der Waals surface area contributed by atoms with Gasteiger partial charge in [-0.2, -0.15) is 13.3 Å². The second-order valence-electron chi connectivity index (χ2n) is 2.96. The molecule has 0 unspecified atom stereocenters. The molecular weight excluding hydrogens is 143 g/mol. The maximum atomic E-state index is 2.26. The van der Waals surface area contributed by atoms with Crippen LogP contribution in [0.15, 0.2) is 0 Å². The third-order valence-corrected chi connectivity index (χ3v) is 1.85. The molecule has 11 heavy (non-hydrogen) atoms. The van der Waals surface area contributed by atoms with E-state index in [1.165, 1.54) is 44.9 Å². The minimum atomic E-state index is 0. The van der Waals surface area contributed by atoms with Gasteiger partial charge >= 0.3 is 29.6 Å². The molecule has 0 aliphatic carbocycles. The van der Waals surface area contributed by atoms with Crippen LogP contribution in [0, 0.1) is 6.42 Å². The molecule has 0 radical (unpaired) electrons. The van der Waals surface area contributed by atoms with Crippen molar-refractivity contribution in [3.8, 4) is 0 Å². The molecule has 0 fully saturated rings. The first kappa shape index (κ1) is 14.5. The summed E-state index contributed by atoms with van der Waals surface area (Å²) in [5.41, 5.74) is 0. The molecule has 0 nitrogen and oxygen atoms in total. The Kier molecular flexibility index (Phi) is 17.9. The van der Waals surface area contributed by atoms with E-state index in [4.69, 9.17) is 0 Å². The molecule has 0 atom stereocenters. The minimum Gasteiger partial charge on any atom is -0.332 e. The number of rotatable bonds is 7. The van der Waals surface area contributed by atoms with Crippen LogP contribution in [0.4, 0.5) is 0 Å². The summed E-state index contributed by atoms with van der Waals surface area (Å²) in [6, 6.07) is 0. The molecule has 0 aliphatic rings. The van der Waals surface area contributed by atoms with Crippen molar-refractivity contribution in [2.75, 3.05) is 0 Å². The Hall–Kier alpha value is 1.00. The van der Waals surface area contributed by atoms with Gasteiger partial charge in [-0.3, -0.25) is 0 Å². The van der Waals surface area contributed by atoms with E-state index in [1.807, 2.05) is 0 Å². The van der Waals surface area contributed by atoms with Crippen molar-refractivity contribution >= 4 is 0 Å². The zero-order chi connectivity index (χ0) is 7.66. The van der Waals surface area contributed by atoms with Crippen molar-refractivity contribution in [2.24, 2.45) is 0 Å². The van der Waals surface area contributed by atoms with Gasteiger partial charge in [0.15, 0.2) is 0 Å². The van der Waals surface area contributed by atoms with Gasteiger partial charge in [-0.25, -0.2) is 0 Å². The van der Waals surface area contributed by atoms with Crippen molar-refractivity contribution in [3.05, 3.63) is 6.42 Å². The summed E-state index contributed by atoms with van der Waals surface area (Å²) in [6.45, 7) is 4.41. The zero-order valence-corrected chi connectivity index (χ0v) is 10.5. The Bertz CT molecular complexity index is 44.8. The van der Waals surface area contributed by atoms with Crippen LogP contribution in [-0.4, -0.2) is 0 Å². The van der Waals surface area contributed by atoms with E-state index in [-0.39, 0.29) is 29.6 Å². The second kappa shape index (κ2) is 13.6. The second-order valence-corrected chi connectivity index (χ2v) is 2.96. The summed E-state index contributed by atoms with van der Waals surface area (Å²) in [6.07, 6.45) is 12.1. The zero-order valence-electron chi connectivity index (χ0n) is 8.53. The molecule has 0 saturated carbocycles. The average Bonchev–Trinajstić information content (AvgIpc) is 1.97. The normalized spacial score (nSPS) is 9.27. The summed E-state index contributed by atoms with van der Waals surface area (Å²) in [7, 11) is 0. The molecule has 0 aromatic rings. The van der Waals surface area contributed by atoms with E-state index in [9.17, 15) is 0 Å². The van der Waals surface area contributed by atoms with Gasteiger partial charge in [-0.1, -0.05) is 45.4 Å². The number of hydrogen-bond donors (Lipinski definition) is 0. The van der Waals surface area contributed by atoms with Crippen molar-refractivity contribution in [1.29, 1.82) is 0 Å². The molecule has 0 amide bonds. The smallest absolute Gasteiger partial charge is 0.332 e. The van der Waals surface area contributed by atoms with E-state index in [1.54, 1.807) is 0 Å². The monoisotopic (exact) mass is 164 g/mol. The van der Waals surface area contributed by atoms with Crippen LogP contribution in [0.2, 0.25) is 0 Å². The van der Waals surface area contributed by atoms with Gasteiger partial charge in [-0.05, 0) is 0 Å². The van der Waals surface area contributed by atoms with Gasteiger partial charge in [0.25, 0.3) is 0 Å². The topological polar surface area (TPSA) is 0 Å². The fourth-order valence-corrected chi connectivity index (χ4v) is 1.13. The van der Waals surface area contributed by atoms with Crippen molar-refractivity contribution < 1.29 is 29.6 Å². The predicted molar refractivity (Wildman–Crippen MR) is 48.0 cm³/mol. The van der Waals surface area contributed by atoms with Crippen LogP contribution in [0.5, 0.6) is 0 Å².